The van der Waals surface area contributed by atoms with Gasteiger partial charge in [-0.25, -0.2) is 5.84 Å². The first-order chi connectivity index (χ1) is 9.19. The Bertz CT molecular complexity index is 537. The van der Waals surface area contributed by atoms with Crippen molar-refractivity contribution < 1.29 is 9.21 Å². The van der Waals surface area contributed by atoms with E-state index in [2.05, 4.69) is 10.3 Å². The minimum atomic E-state index is -0.282. The van der Waals surface area contributed by atoms with Gasteiger partial charge in [0.15, 0.2) is 0 Å². The average Bonchev–Trinajstić information content (AvgIpc) is 2.90. The van der Waals surface area contributed by atoms with Crippen LogP contribution in [0.15, 0.2) is 47.1 Å². The molecule has 0 spiro atoms. The zero-order valence-electron chi connectivity index (χ0n) is 10.8. The van der Waals surface area contributed by atoms with Gasteiger partial charge >= 0.3 is 0 Å². The van der Waals surface area contributed by atoms with Crippen LogP contribution in [0, 0.1) is 0 Å². The number of hydrogen-bond acceptors (Lipinski definition) is 4. The van der Waals surface area contributed by atoms with E-state index in [-0.39, 0.29) is 5.91 Å². The van der Waals surface area contributed by atoms with Crippen molar-refractivity contribution in [2.75, 3.05) is 7.05 Å². The first-order valence-corrected chi connectivity index (χ1v) is 6.00. The highest BCUT2D eigenvalue weighted by molar-refractivity contribution is 5.93. The molecule has 1 aromatic carbocycles. The SMILES string of the molecule is CN(Cc1cccc(C(=O)NN)c1)Cc1ccco1. The number of hydrogen-bond donors (Lipinski definition) is 2. The van der Waals surface area contributed by atoms with Gasteiger partial charge in [-0.1, -0.05) is 12.1 Å². The molecule has 0 atom stereocenters. The minimum absolute atomic E-state index is 0.282. The molecule has 0 fully saturated rings. The van der Waals surface area contributed by atoms with Crippen LogP contribution in [0.5, 0.6) is 0 Å². The van der Waals surface area contributed by atoms with Crippen molar-refractivity contribution in [2.24, 2.45) is 5.84 Å². The van der Waals surface area contributed by atoms with Gasteiger partial charge in [-0.3, -0.25) is 15.1 Å². The molecule has 1 aromatic heterocycles. The van der Waals surface area contributed by atoms with Crippen LogP contribution in [0.3, 0.4) is 0 Å². The summed E-state index contributed by atoms with van der Waals surface area (Å²) in [6.07, 6.45) is 1.66. The lowest BCUT2D eigenvalue weighted by Gasteiger charge is -2.15. The number of nitrogens with zero attached hydrogens (tertiary/aromatic N) is 1. The molecule has 0 aliphatic rings. The van der Waals surface area contributed by atoms with E-state index in [1.807, 2.05) is 37.4 Å². The molecular formula is C14H17N3O2. The molecule has 3 N–H and O–H groups in total. The lowest BCUT2D eigenvalue weighted by Crippen LogP contribution is -2.30. The number of benzene rings is 1. The molecule has 19 heavy (non-hydrogen) atoms. The largest absolute Gasteiger partial charge is 0.468 e. The molecule has 0 radical (unpaired) electrons. The Balaban J connectivity index is 2.00. The average molecular weight is 259 g/mol. The van der Waals surface area contributed by atoms with E-state index in [9.17, 15) is 4.79 Å². The zero-order valence-corrected chi connectivity index (χ0v) is 10.8. The van der Waals surface area contributed by atoms with Crippen LogP contribution in [-0.4, -0.2) is 17.9 Å². The molecule has 5 nitrogen and oxygen atoms in total. The highest BCUT2D eigenvalue weighted by Gasteiger charge is 2.07. The summed E-state index contributed by atoms with van der Waals surface area (Å²) in [5.41, 5.74) is 3.74. The summed E-state index contributed by atoms with van der Waals surface area (Å²) >= 11 is 0. The fourth-order valence-electron chi connectivity index (χ4n) is 1.93. The van der Waals surface area contributed by atoms with Crippen LogP contribution in [0.1, 0.15) is 21.7 Å². The first-order valence-electron chi connectivity index (χ1n) is 6.00. The van der Waals surface area contributed by atoms with E-state index >= 15 is 0 Å². The second-order valence-electron chi connectivity index (χ2n) is 4.43. The van der Waals surface area contributed by atoms with Crippen LogP contribution >= 0.6 is 0 Å². The second kappa shape index (κ2) is 6.17. The summed E-state index contributed by atoms with van der Waals surface area (Å²) in [7, 11) is 2.00. The standard InChI is InChI=1S/C14H17N3O2/c1-17(10-13-6-3-7-19-13)9-11-4-2-5-12(8-11)14(18)16-15/h2-8H,9-10,15H2,1H3,(H,16,18). The molecule has 0 bridgehead atoms. The number of furan rings is 1. The van der Waals surface area contributed by atoms with Crippen LogP contribution in [0.25, 0.3) is 0 Å². The molecule has 0 saturated heterocycles. The van der Waals surface area contributed by atoms with Gasteiger partial charge in [0, 0.05) is 12.1 Å². The minimum Gasteiger partial charge on any atom is -0.468 e. The Morgan fingerprint density at radius 3 is 2.84 bits per heavy atom. The smallest absolute Gasteiger partial charge is 0.265 e. The van der Waals surface area contributed by atoms with E-state index < -0.39 is 0 Å². The van der Waals surface area contributed by atoms with Gasteiger partial charge in [-0.15, -0.1) is 0 Å². The normalized spacial score (nSPS) is 10.7. The van der Waals surface area contributed by atoms with Crippen molar-refractivity contribution in [2.45, 2.75) is 13.1 Å². The van der Waals surface area contributed by atoms with Crippen molar-refractivity contribution in [1.29, 1.82) is 0 Å². The van der Waals surface area contributed by atoms with Crippen molar-refractivity contribution >= 4 is 5.91 Å². The number of nitrogens with two attached hydrogens (primary N) is 1. The maximum atomic E-state index is 11.4. The number of amides is 1. The topological polar surface area (TPSA) is 71.5 Å². The van der Waals surface area contributed by atoms with Crippen LogP contribution in [-0.2, 0) is 13.1 Å². The molecule has 5 heteroatoms. The fraction of sp³-hybridized carbons (Fsp3) is 0.214. The molecular weight excluding hydrogens is 242 g/mol. The summed E-state index contributed by atoms with van der Waals surface area (Å²) in [5, 5.41) is 0. The Hall–Kier alpha value is -2.11. The molecule has 100 valence electrons. The Morgan fingerprint density at radius 1 is 1.32 bits per heavy atom. The van der Waals surface area contributed by atoms with Crippen LogP contribution in [0.2, 0.25) is 0 Å². The summed E-state index contributed by atoms with van der Waals surface area (Å²) in [6, 6.07) is 11.2. The van der Waals surface area contributed by atoms with Gasteiger partial charge in [-0.2, -0.15) is 0 Å². The van der Waals surface area contributed by atoms with E-state index in [4.69, 9.17) is 10.3 Å². The van der Waals surface area contributed by atoms with Gasteiger partial charge in [0.2, 0.25) is 0 Å². The summed E-state index contributed by atoms with van der Waals surface area (Å²) < 4.78 is 5.30. The van der Waals surface area contributed by atoms with Crippen molar-refractivity contribution in [3.63, 3.8) is 0 Å². The number of carbonyl (C=O) groups is 1. The van der Waals surface area contributed by atoms with Crippen LogP contribution < -0.4 is 11.3 Å². The van der Waals surface area contributed by atoms with Gasteiger partial charge in [-0.05, 0) is 36.9 Å². The number of nitrogens with one attached hydrogen (secondary N) is 1. The fourth-order valence-corrected chi connectivity index (χ4v) is 1.93. The molecule has 0 aliphatic heterocycles. The summed E-state index contributed by atoms with van der Waals surface area (Å²) in [6.45, 7) is 1.45. The number of rotatable bonds is 5. The highest BCUT2D eigenvalue weighted by Crippen LogP contribution is 2.10. The predicted octanol–water partition coefficient (Wildman–Crippen LogP) is 1.52. The van der Waals surface area contributed by atoms with Crippen molar-refractivity contribution in [1.82, 2.24) is 10.3 Å². The molecule has 1 heterocycles. The molecule has 2 aromatic rings. The number of carbonyl (C=O) groups excluding carboxylic acids is 1. The third-order valence-electron chi connectivity index (χ3n) is 2.78. The summed E-state index contributed by atoms with van der Waals surface area (Å²) in [5.74, 6) is 5.76. The first kappa shape index (κ1) is 13.3. The lowest BCUT2D eigenvalue weighted by atomic mass is 10.1. The monoisotopic (exact) mass is 259 g/mol. The predicted molar refractivity (Wildman–Crippen MR) is 72.0 cm³/mol. The molecule has 0 unspecified atom stereocenters. The zero-order chi connectivity index (χ0) is 13.7. The Kier molecular flexibility index (Phi) is 4.33. The summed E-state index contributed by atoms with van der Waals surface area (Å²) in [4.78, 5) is 13.6. The molecule has 0 aliphatic carbocycles. The van der Waals surface area contributed by atoms with E-state index in [0.29, 0.717) is 5.56 Å². The van der Waals surface area contributed by atoms with Crippen LogP contribution in [0.4, 0.5) is 0 Å². The Morgan fingerprint density at radius 2 is 2.16 bits per heavy atom. The number of nitrogen functional groups attached to an aromatic ring is 1. The van der Waals surface area contributed by atoms with Gasteiger partial charge in [0.25, 0.3) is 5.91 Å². The second-order valence-corrected chi connectivity index (χ2v) is 4.43. The van der Waals surface area contributed by atoms with Crippen molar-refractivity contribution in [3.05, 3.63) is 59.5 Å². The molecule has 0 saturated carbocycles. The van der Waals surface area contributed by atoms with E-state index in [1.54, 1.807) is 12.3 Å². The lowest BCUT2D eigenvalue weighted by molar-refractivity contribution is 0.0953. The van der Waals surface area contributed by atoms with E-state index in [0.717, 1.165) is 24.4 Å². The Labute approximate surface area is 112 Å². The van der Waals surface area contributed by atoms with E-state index in [1.165, 1.54) is 0 Å². The maximum Gasteiger partial charge on any atom is 0.265 e. The quantitative estimate of drug-likeness (QED) is 0.485. The van der Waals surface area contributed by atoms with Gasteiger partial charge < -0.3 is 4.42 Å². The third kappa shape index (κ3) is 3.67. The van der Waals surface area contributed by atoms with Gasteiger partial charge in [0.1, 0.15) is 5.76 Å². The number of hydrazine groups is 1. The van der Waals surface area contributed by atoms with Gasteiger partial charge in [0.05, 0.1) is 12.8 Å². The highest BCUT2D eigenvalue weighted by atomic mass is 16.3. The van der Waals surface area contributed by atoms with Crippen molar-refractivity contribution in [3.8, 4) is 0 Å². The molecule has 2 rings (SSSR count). The third-order valence-corrected chi connectivity index (χ3v) is 2.78. The molecule has 1 amide bonds. The maximum absolute atomic E-state index is 11.4.